The van der Waals surface area contributed by atoms with E-state index in [1.54, 1.807) is 6.92 Å². The number of nitrogens with zero attached hydrogens (tertiary/aromatic N) is 3. The molecule has 0 bridgehead atoms. The first kappa shape index (κ1) is 8.55. The lowest BCUT2D eigenvalue weighted by Crippen LogP contribution is -2.11. The molecule has 5 nitrogen and oxygen atoms in total. The second-order valence-electron chi connectivity index (χ2n) is 2.96. The monoisotopic (exact) mass is 188 g/mol. The number of aromatic amines is 1. The van der Waals surface area contributed by atoms with Gasteiger partial charge in [-0.25, -0.2) is 15.1 Å². The Morgan fingerprint density at radius 2 is 2.29 bits per heavy atom. The highest BCUT2D eigenvalue weighted by atomic mass is 16.1. The number of hydrogen-bond acceptors (Lipinski definition) is 4. The van der Waals surface area contributed by atoms with Crippen molar-refractivity contribution >= 4 is 16.5 Å². The first-order chi connectivity index (χ1) is 6.70. The molecule has 0 unspecified atom stereocenters. The molecule has 5 heteroatoms. The van der Waals surface area contributed by atoms with Crippen LogP contribution in [0.15, 0.2) is 23.9 Å². The molecular formula is C9H8N4O. The smallest absolute Gasteiger partial charge is 0.267 e. The first-order valence-corrected chi connectivity index (χ1v) is 4.04. The Hall–Kier alpha value is -2.04. The lowest BCUT2D eigenvalue weighted by atomic mass is 10.1. The predicted molar refractivity (Wildman–Crippen MR) is 52.7 cm³/mol. The summed E-state index contributed by atoms with van der Waals surface area (Å²) >= 11 is 0. The van der Waals surface area contributed by atoms with E-state index in [9.17, 15) is 4.79 Å². The fourth-order valence-electron chi connectivity index (χ4n) is 1.25. The second-order valence-corrected chi connectivity index (χ2v) is 2.96. The van der Waals surface area contributed by atoms with Gasteiger partial charge in [0.05, 0.1) is 22.8 Å². The Morgan fingerprint density at radius 3 is 3.00 bits per heavy atom. The van der Waals surface area contributed by atoms with Crippen molar-refractivity contribution in [1.82, 2.24) is 20.2 Å². The quantitative estimate of drug-likeness (QED) is 0.716. The van der Waals surface area contributed by atoms with Crippen LogP contribution in [0.1, 0.15) is 12.6 Å². The van der Waals surface area contributed by atoms with E-state index in [1.807, 2.05) is 0 Å². The SMILES string of the molecule is C=C(C)c1ncnc2cn[nH]c(=O)c12. The fraction of sp³-hybridized carbons (Fsp3) is 0.111. The average molecular weight is 188 g/mol. The van der Waals surface area contributed by atoms with Crippen LogP contribution in [-0.2, 0) is 0 Å². The molecule has 0 atom stereocenters. The third kappa shape index (κ3) is 1.19. The number of nitrogens with one attached hydrogen (secondary N) is 1. The Labute approximate surface area is 79.5 Å². The van der Waals surface area contributed by atoms with Gasteiger partial charge in [0, 0.05) is 0 Å². The van der Waals surface area contributed by atoms with Gasteiger partial charge in [-0.1, -0.05) is 6.58 Å². The van der Waals surface area contributed by atoms with Gasteiger partial charge in [0.25, 0.3) is 5.56 Å². The highest BCUT2D eigenvalue weighted by Gasteiger charge is 2.07. The molecule has 0 aliphatic carbocycles. The minimum atomic E-state index is -0.291. The molecule has 2 aromatic heterocycles. The van der Waals surface area contributed by atoms with E-state index >= 15 is 0 Å². The molecule has 0 aliphatic rings. The molecule has 2 rings (SSSR count). The van der Waals surface area contributed by atoms with Gasteiger partial charge in [-0.2, -0.15) is 5.10 Å². The summed E-state index contributed by atoms with van der Waals surface area (Å²) in [5.41, 5.74) is 1.54. The summed E-state index contributed by atoms with van der Waals surface area (Å²) in [6, 6.07) is 0. The first-order valence-electron chi connectivity index (χ1n) is 4.04. The lowest BCUT2D eigenvalue weighted by molar-refractivity contribution is 0.997. The normalized spacial score (nSPS) is 10.4. The highest BCUT2D eigenvalue weighted by Crippen LogP contribution is 2.14. The number of H-pyrrole nitrogens is 1. The number of aromatic nitrogens is 4. The van der Waals surface area contributed by atoms with Crippen molar-refractivity contribution in [2.45, 2.75) is 6.92 Å². The van der Waals surface area contributed by atoms with Crippen molar-refractivity contribution < 1.29 is 0 Å². The summed E-state index contributed by atoms with van der Waals surface area (Å²) in [6.07, 6.45) is 2.89. The Bertz CT molecular complexity index is 553. The third-order valence-corrected chi connectivity index (χ3v) is 1.86. The summed E-state index contributed by atoms with van der Waals surface area (Å²) in [5.74, 6) is 0. The fourth-order valence-corrected chi connectivity index (χ4v) is 1.25. The molecule has 70 valence electrons. The van der Waals surface area contributed by atoms with Crippen molar-refractivity contribution in [3.63, 3.8) is 0 Å². The van der Waals surface area contributed by atoms with Crippen molar-refractivity contribution in [1.29, 1.82) is 0 Å². The Morgan fingerprint density at radius 1 is 1.50 bits per heavy atom. The number of allylic oxidation sites excluding steroid dienone is 1. The van der Waals surface area contributed by atoms with Crippen molar-refractivity contribution in [3.8, 4) is 0 Å². The van der Waals surface area contributed by atoms with Gasteiger partial charge in [-0.05, 0) is 12.5 Å². The van der Waals surface area contributed by atoms with E-state index < -0.39 is 0 Å². The molecule has 1 N–H and O–H groups in total. The zero-order chi connectivity index (χ0) is 10.1. The van der Waals surface area contributed by atoms with E-state index in [0.29, 0.717) is 16.6 Å². The molecule has 0 radical (unpaired) electrons. The van der Waals surface area contributed by atoms with Crippen LogP contribution in [0.5, 0.6) is 0 Å². The topological polar surface area (TPSA) is 71.5 Å². The number of hydrogen-bond donors (Lipinski definition) is 1. The van der Waals surface area contributed by atoms with Crippen LogP contribution in [0.3, 0.4) is 0 Å². The van der Waals surface area contributed by atoms with Crippen molar-refractivity contribution in [3.05, 3.63) is 35.2 Å². The van der Waals surface area contributed by atoms with E-state index in [1.165, 1.54) is 12.5 Å². The lowest BCUT2D eigenvalue weighted by Gasteiger charge is -2.01. The molecule has 0 aliphatic heterocycles. The van der Waals surface area contributed by atoms with Crippen LogP contribution in [-0.4, -0.2) is 20.2 Å². The van der Waals surface area contributed by atoms with Crippen LogP contribution in [0, 0.1) is 0 Å². The maximum atomic E-state index is 11.5. The molecule has 14 heavy (non-hydrogen) atoms. The molecule has 0 amide bonds. The standard InChI is InChI=1S/C9H8N4O/c1-5(2)8-7-6(10-4-11-8)3-12-13-9(7)14/h3-4H,1H2,2H3,(H,13,14). The minimum absolute atomic E-state index is 0.291. The van der Waals surface area contributed by atoms with Crippen LogP contribution in [0.25, 0.3) is 16.5 Å². The van der Waals surface area contributed by atoms with Gasteiger partial charge >= 0.3 is 0 Å². The molecular weight excluding hydrogens is 180 g/mol. The molecule has 0 fully saturated rings. The van der Waals surface area contributed by atoms with E-state index in [4.69, 9.17) is 0 Å². The van der Waals surface area contributed by atoms with Crippen LogP contribution in [0.2, 0.25) is 0 Å². The number of fused-ring (bicyclic) bond motifs is 1. The summed E-state index contributed by atoms with van der Waals surface area (Å²) in [7, 11) is 0. The molecule has 2 heterocycles. The van der Waals surface area contributed by atoms with Crippen LogP contribution < -0.4 is 5.56 Å². The molecule has 0 saturated carbocycles. The number of rotatable bonds is 1. The average Bonchev–Trinajstić information content (AvgIpc) is 2.17. The summed E-state index contributed by atoms with van der Waals surface area (Å²) in [4.78, 5) is 19.4. The maximum absolute atomic E-state index is 11.5. The van der Waals surface area contributed by atoms with E-state index in [2.05, 4.69) is 26.7 Å². The van der Waals surface area contributed by atoms with Gasteiger partial charge in [0.15, 0.2) is 0 Å². The van der Waals surface area contributed by atoms with Gasteiger partial charge in [0.2, 0.25) is 0 Å². The molecule has 2 aromatic rings. The Kier molecular flexibility index (Phi) is 1.85. The Balaban J connectivity index is 2.99. The van der Waals surface area contributed by atoms with Crippen molar-refractivity contribution in [2.75, 3.05) is 0 Å². The van der Waals surface area contributed by atoms with Gasteiger partial charge < -0.3 is 0 Å². The van der Waals surface area contributed by atoms with Gasteiger partial charge in [-0.15, -0.1) is 0 Å². The minimum Gasteiger partial charge on any atom is -0.267 e. The molecule has 0 spiro atoms. The summed E-state index contributed by atoms with van der Waals surface area (Å²) < 4.78 is 0. The maximum Gasteiger partial charge on any atom is 0.275 e. The van der Waals surface area contributed by atoms with Crippen LogP contribution in [0.4, 0.5) is 0 Å². The zero-order valence-corrected chi connectivity index (χ0v) is 7.61. The third-order valence-electron chi connectivity index (χ3n) is 1.86. The van der Waals surface area contributed by atoms with Gasteiger partial charge in [0.1, 0.15) is 6.33 Å². The van der Waals surface area contributed by atoms with E-state index in [0.717, 1.165) is 5.57 Å². The molecule has 0 saturated heterocycles. The zero-order valence-electron chi connectivity index (χ0n) is 7.61. The van der Waals surface area contributed by atoms with Crippen molar-refractivity contribution in [2.24, 2.45) is 0 Å². The molecule has 0 aromatic carbocycles. The largest absolute Gasteiger partial charge is 0.275 e. The summed E-state index contributed by atoms with van der Waals surface area (Å²) in [5, 5.41) is 6.44. The highest BCUT2D eigenvalue weighted by molar-refractivity contribution is 5.87. The van der Waals surface area contributed by atoms with Crippen LogP contribution >= 0.6 is 0 Å². The summed E-state index contributed by atoms with van der Waals surface area (Å²) in [6.45, 7) is 5.55. The van der Waals surface area contributed by atoms with Gasteiger partial charge in [-0.3, -0.25) is 4.79 Å². The van der Waals surface area contributed by atoms with E-state index in [-0.39, 0.29) is 5.56 Å². The predicted octanol–water partition coefficient (Wildman–Crippen LogP) is 0.746. The second kappa shape index (κ2) is 3.02.